The molecule has 1 aliphatic rings. The fraction of sp³-hybridized carbons (Fsp3) is 0.357. The predicted molar refractivity (Wildman–Crippen MR) is 77.4 cm³/mol. The summed E-state index contributed by atoms with van der Waals surface area (Å²) >= 11 is 1.29. The molecule has 0 aromatic carbocycles. The van der Waals surface area contributed by atoms with Crippen molar-refractivity contribution in [1.82, 2.24) is 10.6 Å². The minimum Gasteiger partial charge on any atom is -0.454 e. The van der Waals surface area contributed by atoms with Crippen LogP contribution in [0.1, 0.15) is 30.4 Å². The van der Waals surface area contributed by atoms with Gasteiger partial charge in [0.05, 0.1) is 10.6 Å². The van der Waals surface area contributed by atoms with Gasteiger partial charge in [0, 0.05) is 5.41 Å². The van der Waals surface area contributed by atoms with Gasteiger partial charge in [-0.25, -0.2) is 4.79 Å². The average Bonchev–Trinajstić information content (AvgIpc) is 3.02. The molecule has 0 radical (unpaired) electrons. The maximum atomic E-state index is 12.0. The number of carbonyl (C=O) groups is 3. The van der Waals surface area contributed by atoms with Crippen molar-refractivity contribution in [1.29, 1.82) is 0 Å². The topological polar surface area (TPSA) is 84.5 Å². The van der Waals surface area contributed by atoms with E-state index in [0.29, 0.717) is 4.88 Å². The first-order chi connectivity index (χ1) is 9.79. The summed E-state index contributed by atoms with van der Waals surface area (Å²) in [7, 11) is 0. The summed E-state index contributed by atoms with van der Waals surface area (Å²) in [6.07, 6.45) is 0. The van der Waals surface area contributed by atoms with E-state index in [2.05, 4.69) is 10.6 Å². The fourth-order valence-corrected chi connectivity index (χ4v) is 2.16. The second-order valence-corrected chi connectivity index (χ2v) is 6.51. The van der Waals surface area contributed by atoms with Gasteiger partial charge in [0.2, 0.25) is 5.91 Å². The number of esters is 1. The molecular weight excluding hydrogens is 292 g/mol. The Bertz CT molecular complexity index is 611. The average molecular weight is 308 g/mol. The Morgan fingerprint density at radius 2 is 2.00 bits per heavy atom. The van der Waals surface area contributed by atoms with Crippen LogP contribution in [0.3, 0.4) is 0 Å². The van der Waals surface area contributed by atoms with Crippen molar-refractivity contribution >= 4 is 29.1 Å². The third-order valence-electron chi connectivity index (χ3n) is 2.78. The molecule has 0 spiro atoms. The van der Waals surface area contributed by atoms with Crippen molar-refractivity contribution in [2.24, 2.45) is 5.41 Å². The van der Waals surface area contributed by atoms with Crippen LogP contribution < -0.4 is 10.6 Å². The lowest BCUT2D eigenvalue weighted by Gasteiger charge is -2.17. The van der Waals surface area contributed by atoms with E-state index >= 15 is 0 Å². The van der Waals surface area contributed by atoms with Crippen LogP contribution in [-0.2, 0) is 14.3 Å². The lowest BCUT2D eigenvalue weighted by Crippen LogP contribution is -2.37. The van der Waals surface area contributed by atoms with Gasteiger partial charge in [-0.2, -0.15) is 0 Å². The molecule has 2 rings (SSSR count). The number of hydrogen-bond acceptors (Lipinski definition) is 5. The number of nitrogens with one attached hydrogen (secondary N) is 2. The molecule has 0 aliphatic carbocycles. The molecule has 7 heteroatoms. The fourth-order valence-electron chi connectivity index (χ4n) is 1.54. The predicted octanol–water partition coefficient (Wildman–Crippen LogP) is 1.41. The molecule has 0 saturated carbocycles. The molecular formula is C14H16N2O4S. The zero-order chi connectivity index (χ0) is 15.6. The molecule has 2 N–H and O–H groups in total. The molecule has 2 heterocycles. The molecule has 6 nitrogen and oxygen atoms in total. The summed E-state index contributed by atoms with van der Waals surface area (Å²) in [6.45, 7) is 5.13. The molecule has 0 saturated heterocycles. The summed E-state index contributed by atoms with van der Waals surface area (Å²) in [6, 6.07) is 3.43. The zero-order valence-electron chi connectivity index (χ0n) is 12.0. The second kappa shape index (κ2) is 5.69. The highest BCUT2D eigenvalue weighted by atomic mass is 32.1. The van der Waals surface area contributed by atoms with Crippen LogP contribution in [0.4, 0.5) is 0 Å². The molecule has 2 amide bonds. The molecule has 1 aliphatic heterocycles. The molecule has 0 bridgehead atoms. The summed E-state index contributed by atoms with van der Waals surface area (Å²) < 4.78 is 4.87. The largest absolute Gasteiger partial charge is 0.454 e. The number of carbonyl (C=O) groups excluding carboxylic acids is 3. The highest BCUT2D eigenvalue weighted by Gasteiger charge is 2.31. The van der Waals surface area contributed by atoms with Gasteiger partial charge in [0.15, 0.2) is 5.70 Å². The van der Waals surface area contributed by atoms with Crippen molar-refractivity contribution in [3.63, 3.8) is 0 Å². The third-order valence-corrected chi connectivity index (χ3v) is 3.65. The van der Waals surface area contributed by atoms with E-state index in [-0.39, 0.29) is 29.8 Å². The third kappa shape index (κ3) is 3.49. The van der Waals surface area contributed by atoms with E-state index in [1.54, 1.807) is 38.3 Å². The number of ether oxygens (including phenoxy) is 1. The lowest BCUT2D eigenvalue weighted by atomic mass is 9.95. The minimum atomic E-state index is -0.654. The van der Waals surface area contributed by atoms with Crippen LogP contribution in [0.15, 0.2) is 28.9 Å². The maximum absolute atomic E-state index is 12.0. The first-order valence-electron chi connectivity index (χ1n) is 6.35. The molecule has 1 aromatic heterocycles. The monoisotopic (exact) mass is 308 g/mol. The van der Waals surface area contributed by atoms with E-state index in [0.717, 1.165) is 0 Å². The van der Waals surface area contributed by atoms with Crippen molar-refractivity contribution in [3.05, 3.63) is 33.8 Å². The maximum Gasteiger partial charge on any atom is 0.357 e. The number of rotatable bonds is 3. The smallest absolute Gasteiger partial charge is 0.357 e. The normalized spacial score (nSPS) is 14.9. The SMILES string of the molecule is CC(C)(C)C(=O)NC1=C(NC(=O)c2cccs2)COC1=O. The van der Waals surface area contributed by atoms with Crippen molar-refractivity contribution in [3.8, 4) is 0 Å². The number of cyclic esters (lactones) is 1. The van der Waals surface area contributed by atoms with Gasteiger partial charge in [0.1, 0.15) is 6.61 Å². The Morgan fingerprint density at radius 3 is 2.57 bits per heavy atom. The summed E-state index contributed by atoms with van der Waals surface area (Å²) in [5, 5.41) is 6.91. The molecule has 0 fully saturated rings. The van der Waals surface area contributed by atoms with E-state index in [4.69, 9.17) is 4.74 Å². The molecule has 1 aromatic rings. The lowest BCUT2D eigenvalue weighted by molar-refractivity contribution is -0.138. The van der Waals surface area contributed by atoms with Gasteiger partial charge in [0.25, 0.3) is 5.91 Å². The summed E-state index contributed by atoms with van der Waals surface area (Å²) in [4.78, 5) is 36.1. The van der Waals surface area contributed by atoms with Crippen molar-refractivity contribution < 1.29 is 19.1 Å². The Balaban J connectivity index is 2.16. The van der Waals surface area contributed by atoms with Crippen LogP contribution in [0, 0.1) is 5.41 Å². The number of thiophene rings is 1. The summed E-state index contributed by atoms with van der Waals surface area (Å²) in [5.41, 5.74) is -0.380. The van der Waals surface area contributed by atoms with Crippen LogP contribution in [0.2, 0.25) is 0 Å². The van der Waals surface area contributed by atoms with Gasteiger partial charge >= 0.3 is 5.97 Å². The van der Waals surface area contributed by atoms with E-state index < -0.39 is 11.4 Å². The summed E-state index contributed by atoms with van der Waals surface area (Å²) in [5.74, 6) is -1.30. The van der Waals surface area contributed by atoms with E-state index in [1.807, 2.05) is 0 Å². The first-order valence-corrected chi connectivity index (χ1v) is 7.23. The van der Waals surface area contributed by atoms with Gasteiger partial charge in [-0.15, -0.1) is 11.3 Å². The Morgan fingerprint density at radius 1 is 1.29 bits per heavy atom. The van der Waals surface area contributed by atoms with Crippen molar-refractivity contribution in [2.45, 2.75) is 20.8 Å². The Labute approximate surface area is 126 Å². The van der Waals surface area contributed by atoms with E-state index in [1.165, 1.54) is 11.3 Å². The molecule has 112 valence electrons. The molecule has 21 heavy (non-hydrogen) atoms. The van der Waals surface area contributed by atoms with Gasteiger partial charge in [-0.1, -0.05) is 26.8 Å². The highest BCUT2D eigenvalue weighted by Crippen LogP contribution is 2.18. The second-order valence-electron chi connectivity index (χ2n) is 5.57. The first kappa shape index (κ1) is 15.2. The molecule has 0 atom stereocenters. The van der Waals surface area contributed by atoms with Crippen molar-refractivity contribution in [2.75, 3.05) is 6.61 Å². The van der Waals surface area contributed by atoms with Crippen LogP contribution in [-0.4, -0.2) is 24.4 Å². The van der Waals surface area contributed by atoms with Crippen LogP contribution in [0.25, 0.3) is 0 Å². The number of hydrogen-bond donors (Lipinski definition) is 2. The zero-order valence-corrected chi connectivity index (χ0v) is 12.8. The Kier molecular flexibility index (Phi) is 4.13. The number of amides is 2. The Hall–Kier alpha value is -2.15. The molecule has 0 unspecified atom stereocenters. The van der Waals surface area contributed by atoms with Gasteiger partial charge in [-0.05, 0) is 11.4 Å². The highest BCUT2D eigenvalue weighted by molar-refractivity contribution is 7.12. The van der Waals surface area contributed by atoms with E-state index in [9.17, 15) is 14.4 Å². The van der Waals surface area contributed by atoms with Crippen LogP contribution in [0.5, 0.6) is 0 Å². The minimum absolute atomic E-state index is 0.000156. The van der Waals surface area contributed by atoms with Crippen LogP contribution >= 0.6 is 11.3 Å². The quantitative estimate of drug-likeness (QED) is 0.827. The van der Waals surface area contributed by atoms with Gasteiger partial charge in [-0.3, -0.25) is 9.59 Å². The van der Waals surface area contributed by atoms with Gasteiger partial charge < -0.3 is 15.4 Å². The standard InChI is InChI=1S/C14H16N2O4S/c1-14(2,3)13(19)16-10-8(7-20-12(10)18)15-11(17)9-5-4-6-21-9/h4-6H,7H2,1-3H3,(H,15,17)(H,16,19).